The minimum absolute atomic E-state index is 0.369. The van der Waals surface area contributed by atoms with Crippen LogP contribution in [0.15, 0.2) is 18.5 Å². The number of aryl methyl sites for hydroxylation is 1. The van der Waals surface area contributed by atoms with Crippen molar-refractivity contribution in [2.24, 2.45) is 7.05 Å². The van der Waals surface area contributed by atoms with E-state index in [2.05, 4.69) is 5.10 Å². The molecule has 1 N–H and O–H groups in total. The molecule has 0 bridgehead atoms. The molecule has 0 atom stereocenters. The number of hydrogen-bond acceptors (Lipinski definition) is 3. The lowest BCUT2D eigenvalue weighted by Crippen LogP contribution is -2.50. The first kappa shape index (κ1) is 14.0. The Morgan fingerprint density at radius 3 is 2.56 bits per heavy atom. The molecule has 1 aromatic heterocycles. The highest BCUT2D eigenvalue weighted by molar-refractivity contribution is 5.95. The van der Waals surface area contributed by atoms with Crippen molar-refractivity contribution >= 4 is 18.0 Å². The average molecular weight is 251 g/mol. The SMILES string of the molecule is CN(C(=O)/C=C/c1cnn(C)c1)C(C)(C)C(=O)O. The van der Waals surface area contributed by atoms with Gasteiger partial charge in [0.25, 0.3) is 0 Å². The molecule has 0 saturated heterocycles. The molecule has 0 radical (unpaired) electrons. The van der Waals surface area contributed by atoms with Crippen molar-refractivity contribution in [2.75, 3.05) is 7.05 Å². The lowest BCUT2D eigenvalue weighted by atomic mass is 10.0. The fourth-order valence-corrected chi connectivity index (χ4v) is 1.22. The molecule has 6 nitrogen and oxygen atoms in total. The molecule has 1 heterocycles. The molecular weight excluding hydrogens is 234 g/mol. The van der Waals surface area contributed by atoms with Crippen molar-refractivity contribution in [3.05, 3.63) is 24.0 Å². The molecule has 0 fully saturated rings. The molecule has 1 rings (SSSR count). The number of aliphatic carboxylic acids is 1. The van der Waals surface area contributed by atoms with E-state index in [1.807, 2.05) is 0 Å². The molecule has 0 unspecified atom stereocenters. The highest BCUT2D eigenvalue weighted by Crippen LogP contribution is 2.13. The van der Waals surface area contributed by atoms with Crippen LogP contribution in [0.5, 0.6) is 0 Å². The maximum atomic E-state index is 11.8. The van der Waals surface area contributed by atoms with Gasteiger partial charge in [0.15, 0.2) is 0 Å². The second-order valence-electron chi connectivity index (χ2n) is 4.54. The number of carboxylic acid groups (broad SMARTS) is 1. The van der Waals surface area contributed by atoms with E-state index in [9.17, 15) is 9.59 Å². The number of likely N-dealkylation sites (N-methyl/N-ethyl adjacent to an activating group) is 1. The first-order valence-electron chi connectivity index (χ1n) is 5.43. The molecule has 0 aliphatic carbocycles. The van der Waals surface area contributed by atoms with Gasteiger partial charge < -0.3 is 10.0 Å². The summed E-state index contributed by atoms with van der Waals surface area (Å²) in [6.45, 7) is 2.95. The number of hydrogen-bond donors (Lipinski definition) is 1. The Labute approximate surface area is 106 Å². The Bertz CT molecular complexity index is 489. The lowest BCUT2D eigenvalue weighted by molar-refractivity contribution is -0.153. The molecular formula is C12H17N3O3. The Kier molecular flexibility index (Phi) is 3.90. The van der Waals surface area contributed by atoms with Gasteiger partial charge in [-0.2, -0.15) is 5.10 Å². The Balaban J connectivity index is 2.77. The van der Waals surface area contributed by atoms with Crippen LogP contribution in [-0.4, -0.2) is 44.3 Å². The van der Waals surface area contributed by atoms with E-state index in [-0.39, 0.29) is 5.91 Å². The molecule has 0 spiro atoms. The average Bonchev–Trinajstić information content (AvgIpc) is 2.70. The van der Waals surface area contributed by atoms with Gasteiger partial charge in [0.2, 0.25) is 5.91 Å². The van der Waals surface area contributed by atoms with E-state index in [1.54, 1.807) is 30.2 Å². The summed E-state index contributed by atoms with van der Waals surface area (Å²) in [5.74, 6) is -1.42. The van der Waals surface area contributed by atoms with Crippen molar-refractivity contribution in [2.45, 2.75) is 19.4 Å². The molecule has 98 valence electrons. The summed E-state index contributed by atoms with van der Waals surface area (Å²) in [6, 6.07) is 0. The van der Waals surface area contributed by atoms with Crippen LogP contribution in [0.3, 0.4) is 0 Å². The topological polar surface area (TPSA) is 75.4 Å². The summed E-state index contributed by atoms with van der Waals surface area (Å²) in [5, 5.41) is 13.0. The molecule has 0 aliphatic heterocycles. The van der Waals surface area contributed by atoms with Crippen LogP contribution in [0, 0.1) is 0 Å². The van der Waals surface area contributed by atoms with E-state index >= 15 is 0 Å². The number of carbonyl (C=O) groups is 2. The number of aromatic nitrogens is 2. The van der Waals surface area contributed by atoms with Gasteiger partial charge >= 0.3 is 5.97 Å². The quantitative estimate of drug-likeness (QED) is 0.801. The van der Waals surface area contributed by atoms with Crippen LogP contribution in [0.4, 0.5) is 0 Å². The zero-order valence-electron chi connectivity index (χ0n) is 10.9. The van der Waals surface area contributed by atoms with Gasteiger partial charge in [-0.15, -0.1) is 0 Å². The van der Waals surface area contributed by atoms with Crippen molar-refractivity contribution in [1.82, 2.24) is 14.7 Å². The van der Waals surface area contributed by atoms with Crippen LogP contribution in [0.2, 0.25) is 0 Å². The maximum Gasteiger partial charge on any atom is 0.329 e. The van der Waals surface area contributed by atoms with Crippen LogP contribution < -0.4 is 0 Å². The van der Waals surface area contributed by atoms with Crippen molar-refractivity contribution in [1.29, 1.82) is 0 Å². The predicted molar refractivity (Wildman–Crippen MR) is 66.7 cm³/mol. The number of amides is 1. The van der Waals surface area contributed by atoms with Crippen LogP contribution in [0.1, 0.15) is 19.4 Å². The van der Waals surface area contributed by atoms with Crippen LogP contribution in [0.25, 0.3) is 6.08 Å². The first-order chi connectivity index (χ1) is 8.25. The maximum absolute atomic E-state index is 11.8. The van der Waals surface area contributed by atoms with Gasteiger partial charge in [-0.1, -0.05) is 0 Å². The fraction of sp³-hybridized carbons (Fsp3) is 0.417. The zero-order chi connectivity index (χ0) is 13.9. The monoisotopic (exact) mass is 251 g/mol. The second kappa shape index (κ2) is 5.03. The van der Waals surface area contributed by atoms with E-state index in [1.165, 1.54) is 31.9 Å². The Morgan fingerprint density at radius 2 is 2.11 bits per heavy atom. The highest BCUT2D eigenvalue weighted by atomic mass is 16.4. The number of carbonyl (C=O) groups excluding carboxylic acids is 1. The molecule has 18 heavy (non-hydrogen) atoms. The minimum atomic E-state index is -1.24. The smallest absolute Gasteiger partial charge is 0.329 e. The lowest BCUT2D eigenvalue weighted by Gasteiger charge is -2.30. The second-order valence-corrected chi connectivity index (χ2v) is 4.54. The Morgan fingerprint density at radius 1 is 1.50 bits per heavy atom. The number of carboxylic acids is 1. The Hall–Kier alpha value is -2.11. The van der Waals surface area contributed by atoms with Gasteiger partial charge in [-0.3, -0.25) is 9.48 Å². The number of nitrogens with zero attached hydrogens (tertiary/aromatic N) is 3. The van der Waals surface area contributed by atoms with Gasteiger partial charge in [0.05, 0.1) is 6.20 Å². The molecule has 0 aliphatic rings. The summed E-state index contributed by atoms with van der Waals surface area (Å²) < 4.78 is 1.62. The predicted octanol–water partition coefficient (Wildman–Crippen LogP) is 0.755. The summed E-state index contributed by atoms with van der Waals surface area (Å²) in [5.41, 5.74) is -0.455. The summed E-state index contributed by atoms with van der Waals surface area (Å²) in [4.78, 5) is 24.0. The minimum Gasteiger partial charge on any atom is -0.480 e. The summed E-state index contributed by atoms with van der Waals surface area (Å²) >= 11 is 0. The molecule has 1 aromatic rings. The normalized spacial score (nSPS) is 11.8. The molecule has 0 aromatic carbocycles. The van der Waals surface area contributed by atoms with E-state index < -0.39 is 11.5 Å². The third-order valence-electron chi connectivity index (χ3n) is 2.84. The summed E-state index contributed by atoms with van der Waals surface area (Å²) in [6.07, 6.45) is 6.31. The number of rotatable bonds is 4. The third-order valence-corrected chi connectivity index (χ3v) is 2.84. The first-order valence-corrected chi connectivity index (χ1v) is 5.43. The summed E-state index contributed by atoms with van der Waals surface area (Å²) in [7, 11) is 3.24. The highest BCUT2D eigenvalue weighted by Gasteiger charge is 2.34. The van der Waals surface area contributed by atoms with E-state index in [0.29, 0.717) is 0 Å². The van der Waals surface area contributed by atoms with E-state index in [0.717, 1.165) is 5.56 Å². The van der Waals surface area contributed by atoms with Crippen molar-refractivity contribution in [3.63, 3.8) is 0 Å². The standard InChI is InChI=1S/C12H17N3O3/c1-12(2,11(17)18)15(4)10(16)6-5-9-7-13-14(3)8-9/h5-8H,1-4H3,(H,17,18)/b6-5+. The fourth-order valence-electron chi connectivity index (χ4n) is 1.22. The largest absolute Gasteiger partial charge is 0.480 e. The zero-order valence-corrected chi connectivity index (χ0v) is 10.9. The molecule has 6 heteroatoms. The van der Waals surface area contributed by atoms with Crippen LogP contribution >= 0.6 is 0 Å². The van der Waals surface area contributed by atoms with E-state index in [4.69, 9.17) is 5.11 Å². The van der Waals surface area contributed by atoms with Crippen molar-refractivity contribution < 1.29 is 14.7 Å². The molecule has 0 saturated carbocycles. The van der Waals surface area contributed by atoms with Crippen LogP contribution in [-0.2, 0) is 16.6 Å². The van der Waals surface area contributed by atoms with Gasteiger partial charge in [-0.25, -0.2) is 4.79 Å². The van der Waals surface area contributed by atoms with Gasteiger partial charge in [-0.05, 0) is 19.9 Å². The molecule has 1 amide bonds. The van der Waals surface area contributed by atoms with Crippen molar-refractivity contribution in [3.8, 4) is 0 Å². The third kappa shape index (κ3) is 2.97. The van der Waals surface area contributed by atoms with Gasteiger partial charge in [0.1, 0.15) is 5.54 Å². The van der Waals surface area contributed by atoms with Gasteiger partial charge in [0, 0.05) is 31.9 Å².